The third-order valence-corrected chi connectivity index (χ3v) is 5.87. The first-order valence-corrected chi connectivity index (χ1v) is 8.11. The lowest BCUT2D eigenvalue weighted by atomic mass is 9.80. The van der Waals surface area contributed by atoms with Crippen LogP contribution >= 0.6 is 0 Å². The number of fused-ring (bicyclic) bond motifs is 5. The molecule has 0 aromatic heterocycles. The lowest BCUT2D eigenvalue weighted by Crippen LogP contribution is -2.40. The van der Waals surface area contributed by atoms with Crippen LogP contribution in [0.5, 0.6) is 0 Å². The van der Waals surface area contributed by atoms with E-state index in [1.165, 1.54) is 0 Å². The van der Waals surface area contributed by atoms with Crippen LogP contribution in [-0.4, -0.2) is 37.7 Å². The second kappa shape index (κ2) is 5.59. The van der Waals surface area contributed by atoms with E-state index in [0.717, 1.165) is 19.3 Å². The second-order valence-corrected chi connectivity index (χ2v) is 6.78. The molecule has 2 bridgehead atoms. The quantitative estimate of drug-likeness (QED) is 0.776. The third kappa shape index (κ3) is 2.35. The van der Waals surface area contributed by atoms with Gasteiger partial charge in [0.05, 0.1) is 18.4 Å². The lowest BCUT2D eigenvalue weighted by Gasteiger charge is -2.30. The van der Waals surface area contributed by atoms with Crippen LogP contribution in [-0.2, 0) is 19.1 Å². The van der Waals surface area contributed by atoms with Gasteiger partial charge in [0.1, 0.15) is 6.10 Å². The highest BCUT2D eigenvalue weighted by molar-refractivity contribution is 5.76. The minimum Gasteiger partial charge on any atom is -0.465 e. The SMILES string of the molecule is CCC(C(=O)OC1CC2CC1C1COC(=O)C21)C(C)NC. The zero-order valence-electron chi connectivity index (χ0n) is 13.0. The molecule has 0 amide bonds. The van der Waals surface area contributed by atoms with Crippen LogP contribution in [0.4, 0.5) is 0 Å². The van der Waals surface area contributed by atoms with Gasteiger partial charge in [-0.2, -0.15) is 0 Å². The summed E-state index contributed by atoms with van der Waals surface area (Å²) < 4.78 is 11.0. The van der Waals surface area contributed by atoms with Gasteiger partial charge in [-0.05, 0) is 39.2 Å². The van der Waals surface area contributed by atoms with Crippen molar-refractivity contribution in [3.8, 4) is 0 Å². The zero-order valence-corrected chi connectivity index (χ0v) is 13.0. The first-order chi connectivity index (χ1) is 10.1. The van der Waals surface area contributed by atoms with E-state index < -0.39 is 0 Å². The summed E-state index contributed by atoms with van der Waals surface area (Å²) in [5, 5.41) is 3.13. The highest BCUT2D eigenvalue weighted by Crippen LogP contribution is 2.56. The third-order valence-electron chi connectivity index (χ3n) is 5.87. The van der Waals surface area contributed by atoms with E-state index in [2.05, 4.69) is 5.32 Å². The molecule has 7 unspecified atom stereocenters. The van der Waals surface area contributed by atoms with E-state index in [9.17, 15) is 9.59 Å². The van der Waals surface area contributed by atoms with Crippen molar-refractivity contribution in [2.24, 2.45) is 29.6 Å². The lowest BCUT2D eigenvalue weighted by molar-refractivity contribution is -0.159. The molecule has 5 nitrogen and oxygen atoms in total. The standard InChI is InChI=1S/C16H25NO4/c1-4-10(8(2)17-3)15(18)21-13-6-9-5-11(13)12-7-20-16(19)14(9)12/h8-14,17H,4-7H2,1-3H3. The van der Waals surface area contributed by atoms with Crippen LogP contribution in [0.15, 0.2) is 0 Å². The number of hydrogen-bond donors (Lipinski definition) is 1. The van der Waals surface area contributed by atoms with Crippen LogP contribution in [0.3, 0.4) is 0 Å². The van der Waals surface area contributed by atoms with Gasteiger partial charge in [0.2, 0.25) is 0 Å². The molecule has 3 aliphatic rings. The summed E-state index contributed by atoms with van der Waals surface area (Å²) in [6.07, 6.45) is 2.60. The maximum absolute atomic E-state index is 12.4. The summed E-state index contributed by atoms with van der Waals surface area (Å²) in [7, 11) is 1.87. The van der Waals surface area contributed by atoms with Gasteiger partial charge in [-0.15, -0.1) is 0 Å². The minimum atomic E-state index is -0.105. The Balaban J connectivity index is 1.63. The summed E-state index contributed by atoms with van der Waals surface area (Å²) in [4.78, 5) is 24.1. The Morgan fingerprint density at radius 3 is 2.86 bits per heavy atom. The Bertz CT molecular complexity index is 438. The van der Waals surface area contributed by atoms with Crippen molar-refractivity contribution in [2.75, 3.05) is 13.7 Å². The van der Waals surface area contributed by atoms with Gasteiger partial charge in [-0.3, -0.25) is 9.59 Å². The Hall–Kier alpha value is -1.10. The van der Waals surface area contributed by atoms with Crippen LogP contribution in [0.1, 0.15) is 33.1 Å². The second-order valence-electron chi connectivity index (χ2n) is 6.78. The summed E-state index contributed by atoms with van der Waals surface area (Å²) in [5.41, 5.74) is 0. The van der Waals surface area contributed by atoms with Gasteiger partial charge >= 0.3 is 11.9 Å². The number of carbonyl (C=O) groups is 2. The molecule has 2 aliphatic carbocycles. The highest BCUT2D eigenvalue weighted by atomic mass is 16.6. The Morgan fingerprint density at radius 1 is 1.43 bits per heavy atom. The van der Waals surface area contributed by atoms with Crippen LogP contribution in [0.2, 0.25) is 0 Å². The molecule has 1 heterocycles. The number of cyclic esters (lactones) is 1. The predicted molar refractivity (Wildman–Crippen MR) is 76.3 cm³/mol. The van der Waals surface area contributed by atoms with Crippen molar-refractivity contribution in [3.05, 3.63) is 0 Å². The van der Waals surface area contributed by atoms with Gasteiger partial charge in [0.25, 0.3) is 0 Å². The van der Waals surface area contributed by atoms with Crippen molar-refractivity contribution in [2.45, 2.75) is 45.3 Å². The summed E-state index contributed by atoms with van der Waals surface area (Å²) in [5.74, 6) is 0.781. The Labute approximate surface area is 125 Å². The maximum atomic E-state index is 12.4. The fraction of sp³-hybridized carbons (Fsp3) is 0.875. The molecule has 0 spiro atoms. The van der Waals surface area contributed by atoms with Crippen LogP contribution in [0, 0.1) is 29.6 Å². The van der Waals surface area contributed by atoms with Gasteiger partial charge in [0, 0.05) is 17.9 Å². The smallest absolute Gasteiger partial charge is 0.310 e. The van der Waals surface area contributed by atoms with E-state index in [1.54, 1.807) is 0 Å². The molecule has 1 N–H and O–H groups in total. The normalized spacial score (nSPS) is 39.8. The summed E-state index contributed by atoms with van der Waals surface area (Å²) in [6.45, 7) is 4.54. The number of esters is 2. The molecular weight excluding hydrogens is 270 g/mol. The maximum Gasteiger partial charge on any atom is 0.310 e. The summed E-state index contributed by atoms with van der Waals surface area (Å²) >= 11 is 0. The fourth-order valence-electron chi connectivity index (χ4n) is 4.60. The first kappa shape index (κ1) is 14.8. The molecule has 3 rings (SSSR count). The number of ether oxygens (including phenoxy) is 2. The molecule has 0 radical (unpaired) electrons. The van der Waals surface area contributed by atoms with E-state index in [1.807, 2.05) is 20.9 Å². The van der Waals surface area contributed by atoms with E-state index in [-0.39, 0.29) is 41.8 Å². The Kier molecular flexibility index (Phi) is 3.95. The van der Waals surface area contributed by atoms with E-state index in [4.69, 9.17) is 9.47 Å². The monoisotopic (exact) mass is 295 g/mol. The molecule has 0 aromatic carbocycles. The molecule has 3 fully saturated rings. The topological polar surface area (TPSA) is 64.6 Å². The van der Waals surface area contributed by atoms with Gasteiger partial charge in [-0.1, -0.05) is 6.92 Å². The largest absolute Gasteiger partial charge is 0.465 e. The minimum absolute atomic E-state index is 0.0173. The number of hydrogen-bond acceptors (Lipinski definition) is 5. The van der Waals surface area contributed by atoms with Gasteiger partial charge in [0.15, 0.2) is 0 Å². The van der Waals surface area contributed by atoms with Gasteiger partial charge < -0.3 is 14.8 Å². The van der Waals surface area contributed by atoms with Crippen molar-refractivity contribution < 1.29 is 19.1 Å². The number of carbonyl (C=O) groups excluding carboxylic acids is 2. The van der Waals surface area contributed by atoms with Crippen molar-refractivity contribution in [1.82, 2.24) is 5.32 Å². The Morgan fingerprint density at radius 2 is 2.19 bits per heavy atom. The molecule has 21 heavy (non-hydrogen) atoms. The first-order valence-electron chi connectivity index (χ1n) is 8.11. The van der Waals surface area contributed by atoms with Crippen molar-refractivity contribution in [3.63, 3.8) is 0 Å². The molecule has 1 aliphatic heterocycles. The molecule has 1 saturated heterocycles. The summed E-state index contributed by atoms with van der Waals surface area (Å²) in [6, 6.07) is 0.116. The van der Waals surface area contributed by atoms with Crippen molar-refractivity contribution in [1.29, 1.82) is 0 Å². The average Bonchev–Trinajstić information content (AvgIpc) is 3.12. The molecule has 0 aromatic rings. The van der Waals surface area contributed by atoms with E-state index >= 15 is 0 Å². The zero-order chi connectivity index (χ0) is 15.1. The number of nitrogens with one attached hydrogen (secondary N) is 1. The molecule has 7 atom stereocenters. The molecule has 5 heteroatoms. The molecule has 2 saturated carbocycles. The van der Waals surface area contributed by atoms with Crippen molar-refractivity contribution >= 4 is 11.9 Å². The van der Waals surface area contributed by atoms with Crippen LogP contribution < -0.4 is 5.32 Å². The van der Waals surface area contributed by atoms with Gasteiger partial charge in [-0.25, -0.2) is 0 Å². The van der Waals surface area contributed by atoms with E-state index in [0.29, 0.717) is 18.4 Å². The average molecular weight is 295 g/mol. The number of rotatable bonds is 5. The fourth-order valence-corrected chi connectivity index (χ4v) is 4.60. The highest BCUT2D eigenvalue weighted by Gasteiger charge is 2.60. The van der Waals surface area contributed by atoms with Crippen LogP contribution in [0.25, 0.3) is 0 Å². The molecule has 118 valence electrons. The molecular formula is C16H25NO4. The predicted octanol–water partition coefficient (Wildman–Crippen LogP) is 1.36.